The van der Waals surface area contributed by atoms with Crippen LogP contribution in [0.1, 0.15) is 13.3 Å². The second-order valence-electron chi connectivity index (χ2n) is 3.57. The first kappa shape index (κ1) is 13.7. The number of benzene rings is 1. The van der Waals surface area contributed by atoms with Gasteiger partial charge in [0.25, 0.3) is 0 Å². The van der Waals surface area contributed by atoms with Gasteiger partial charge in [-0.3, -0.25) is 4.21 Å². The van der Waals surface area contributed by atoms with E-state index in [-0.39, 0.29) is 5.25 Å². The van der Waals surface area contributed by atoms with Crippen molar-refractivity contribution in [1.29, 1.82) is 0 Å². The molecule has 2 unspecified atom stereocenters. The lowest BCUT2D eigenvalue weighted by Crippen LogP contribution is -2.14. The Labute approximate surface area is 107 Å². The normalized spacial score (nSPS) is 14.7. The van der Waals surface area contributed by atoms with Crippen LogP contribution in [0.2, 0.25) is 0 Å². The fourth-order valence-electron chi connectivity index (χ4n) is 1.31. The number of nitrogen functional groups attached to an aromatic ring is 1. The van der Waals surface area contributed by atoms with Gasteiger partial charge in [-0.15, -0.1) is 0 Å². The van der Waals surface area contributed by atoms with E-state index in [1.54, 1.807) is 19.2 Å². The number of ether oxygens (including phenoxy) is 1. The molecule has 0 saturated heterocycles. The van der Waals surface area contributed by atoms with Crippen LogP contribution in [0.5, 0.6) is 0 Å². The maximum atomic E-state index is 12.1. The van der Waals surface area contributed by atoms with Crippen molar-refractivity contribution >= 4 is 32.4 Å². The van der Waals surface area contributed by atoms with Gasteiger partial charge in [0.05, 0.1) is 15.7 Å². The van der Waals surface area contributed by atoms with Gasteiger partial charge < -0.3 is 10.5 Å². The van der Waals surface area contributed by atoms with E-state index >= 15 is 0 Å². The first-order chi connectivity index (χ1) is 7.56. The zero-order chi connectivity index (χ0) is 12.1. The van der Waals surface area contributed by atoms with Crippen LogP contribution in [0.4, 0.5) is 5.69 Å². The van der Waals surface area contributed by atoms with Crippen molar-refractivity contribution in [3.05, 3.63) is 22.7 Å². The Morgan fingerprint density at radius 3 is 2.81 bits per heavy atom. The van der Waals surface area contributed by atoms with Crippen LogP contribution in [0.3, 0.4) is 0 Å². The number of nitrogens with two attached hydrogens (primary N) is 1. The number of methoxy groups -OCH3 is 1. The molecule has 0 fully saturated rings. The van der Waals surface area contributed by atoms with Crippen LogP contribution in [-0.4, -0.2) is 23.2 Å². The zero-order valence-corrected chi connectivity index (χ0v) is 11.8. The summed E-state index contributed by atoms with van der Waals surface area (Å²) in [5.74, 6) is 0. The fraction of sp³-hybridized carbons (Fsp3) is 0.455. The molecule has 5 heteroatoms. The summed E-state index contributed by atoms with van der Waals surface area (Å²) in [6.45, 7) is 2.56. The Morgan fingerprint density at radius 1 is 1.56 bits per heavy atom. The van der Waals surface area contributed by atoms with Crippen molar-refractivity contribution in [2.45, 2.75) is 23.5 Å². The molecule has 1 rings (SSSR count). The Kier molecular flexibility index (Phi) is 5.44. The zero-order valence-electron chi connectivity index (χ0n) is 9.40. The minimum atomic E-state index is -1.08. The summed E-state index contributed by atoms with van der Waals surface area (Å²) in [7, 11) is 0.567. The first-order valence-electron chi connectivity index (χ1n) is 5.00. The molecular weight excluding hydrogens is 290 g/mol. The molecule has 0 aliphatic carbocycles. The second kappa shape index (κ2) is 6.37. The highest BCUT2D eigenvalue weighted by molar-refractivity contribution is 9.10. The molecule has 16 heavy (non-hydrogen) atoms. The van der Waals surface area contributed by atoms with Crippen LogP contribution in [0, 0.1) is 0 Å². The lowest BCUT2D eigenvalue weighted by molar-refractivity contribution is 0.195. The topological polar surface area (TPSA) is 52.3 Å². The van der Waals surface area contributed by atoms with Crippen molar-refractivity contribution in [3.63, 3.8) is 0 Å². The van der Waals surface area contributed by atoms with E-state index in [1.807, 2.05) is 13.0 Å². The number of halogens is 1. The summed E-state index contributed by atoms with van der Waals surface area (Å²) in [6, 6.07) is 5.43. The third-order valence-electron chi connectivity index (χ3n) is 2.28. The summed E-state index contributed by atoms with van der Waals surface area (Å²) in [5.41, 5.74) is 6.40. The Bertz CT molecular complexity index is 384. The van der Waals surface area contributed by atoms with Crippen molar-refractivity contribution < 1.29 is 8.95 Å². The first-order valence-corrected chi connectivity index (χ1v) is 7.01. The molecule has 2 atom stereocenters. The summed E-state index contributed by atoms with van der Waals surface area (Å²) in [4.78, 5) is 0.701. The molecule has 0 aliphatic rings. The summed E-state index contributed by atoms with van der Waals surface area (Å²) in [5, 5.41) is 0.0448. The third kappa shape index (κ3) is 3.57. The molecule has 0 amide bonds. The number of hydrogen-bond donors (Lipinski definition) is 1. The lowest BCUT2D eigenvalue weighted by atomic mass is 10.3. The molecule has 1 aromatic rings. The summed E-state index contributed by atoms with van der Waals surface area (Å²) in [6.07, 6.45) is 0.763. The molecule has 90 valence electrons. The van der Waals surface area contributed by atoms with E-state index in [0.29, 0.717) is 17.2 Å². The molecule has 0 radical (unpaired) electrons. The SMILES string of the molecule is COCCC(C)S(=O)c1ccc(Br)cc1N. The Hall–Kier alpha value is -0.390. The quantitative estimate of drug-likeness (QED) is 0.851. The Morgan fingerprint density at radius 2 is 2.25 bits per heavy atom. The molecule has 0 spiro atoms. The Balaban J connectivity index is 2.79. The van der Waals surface area contributed by atoms with Gasteiger partial charge in [0.1, 0.15) is 0 Å². The maximum Gasteiger partial charge on any atom is 0.0620 e. The average molecular weight is 306 g/mol. The summed E-state index contributed by atoms with van der Waals surface area (Å²) >= 11 is 3.33. The van der Waals surface area contributed by atoms with Gasteiger partial charge in [-0.2, -0.15) is 0 Å². The van der Waals surface area contributed by atoms with Crippen LogP contribution in [0.15, 0.2) is 27.6 Å². The van der Waals surface area contributed by atoms with Crippen molar-refractivity contribution in [3.8, 4) is 0 Å². The van der Waals surface area contributed by atoms with E-state index in [9.17, 15) is 4.21 Å². The highest BCUT2D eigenvalue weighted by Gasteiger charge is 2.15. The van der Waals surface area contributed by atoms with Crippen LogP contribution in [0.25, 0.3) is 0 Å². The van der Waals surface area contributed by atoms with Gasteiger partial charge >= 0.3 is 0 Å². The third-order valence-corrected chi connectivity index (χ3v) is 4.55. The molecule has 1 aromatic carbocycles. The van der Waals surface area contributed by atoms with Crippen LogP contribution >= 0.6 is 15.9 Å². The molecule has 3 nitrogen and oxygen atoms in total. The largest absolute Gasteiger partial charge is 0.398 e. The van der Waals surface area contributed by atoms with Crippen molar-refractivity contribution in [1.82, 2.24) is 0 Å². The second-order valence-corrected chi connectivity index (χ2v) is 6.33. The maximum absolute atomic E-state index is 12.1. The fourth-order valence-corrected chi connectivity index (χ4v) is 2.93. The van der Waals surface area contributed by atoms with E-state index in [2.05, 4.69) is 15.9 Å². The minimum absolute atomic E-state index is 0.0448. The highest BCUT2D eigenvalue weighted by Crippen LogP contribution is 2.24. The van der Waals surface area contributed by atoms with Gasteiger partial charge in [-0.25, -0.2) is 0 Å². The summed E-state index contributed by atoms with van der Waals surface area (Å²) < 4.78 is 18.0. The number of hydrogen-bond acceptors (Lipinski definition) is 3. The molecular formula is C11H16BrNO2S. The van der Waals surface area contributed by atoms with Gasteiger partial charge in [0, 0.05) is 29.1 Å². The minimum Gasteiger partial charge on any atom is -0.398 e. The molecule has 0 aliphatic heterocycles. The highest BCUT2D eigenvalue weighted by atomic mass is 79.9. The van der Waals surface area contributed by atoms with Crippen molar-refractivity contribution in [2.24, 2.45) is 0 Å². The van der Waals surface area contributed by atoms with Gasteiger partial charge in [0.2, 0.25) is 0 Å². The van der Waals surface area contributed by atoms with E-state index in [0.717, 1.165) is 10.9 Å². The molecule has 0 aromatic heterocycles. The molecule has 0 bridgehead atoms. The molecule has 0 heterocycles. The predicted octanol–water partition coefficient (Wildman–Crippen LogP) is 2.56. The smallest absolute Gasteiger partial charge is 0.0620 e. The van der Waals surface area contributed by atoms with Crippen LogP contribution in [-0.2, 0) is 15.5 Å². The van der Waals surface area contributed by atoms with E-state index in [4.69, 9.17) is 10.5 Å². The van der Waals surface area contributed by atoms with Gasteiger partial charge in [0.15, 0.2) is 0 Å². The standard InChI is InChI=1S/C11H16BrNO2S/c1-8(5-6-15-2)16(14)11-4-3-9(12)7-10(11)13/h3-4,7-8H,5-6,13H2,1-2H3. The lowest BCUT2D eigenvalue weighted by Gasteiger charge is -2.12. The molecule has 2 N–H and O–H groups in total. The van der Waals surface area contributed by atoms with E-state index < -0.39 is 10.8 Å². The van der Waals surface area contributed by atoms with Gasteiger partial charge in [-0.05, 0) is 24.6 Å². The average Bonchev–Trinajstić information content (AvgIpc) is 2.25. The number of rotatable bonds is 5. The predicted molar refractivity (Wildman–Crippen MR) is 70.9 cm³/mol. The monoisotopic (exact) mass is 305 g/mol. The molecule has 0 saturated carbocycles. The van der Waals surface area contributed by atoms with Gasteiger partial charge in [-0.1, -0.05) is 22.9 Å². The van der Waals surface area contributed by atoms with E-state index in [1.165, 1.54) is 0 Å². The van der Waals surface area contributed by atoms with Crippen molar-refractivity contribution in [2.75, 3.05) is 19.5 Å². The number of anilines is 1. The van der Waals surface area contributed by atoms with Crippen LogP contribution < -0.4 is 5.73 Å².